The van der Waals surface area contributed by atoms with Gasteiger partial charge in [-0.15, -0.1) is 0 Å². The van der Waals surface area contributed by atoms with E-state index in [2.05, 4.69) is 5.32 Å². The molecule has 0 aromatic heterocycles. The molecular weight excluding hydrogens is 466 g/mol. The number of hydrogen-bond acceptors (Lipinski definition) is 5. The SMILES string of the molecule is Cc1ccccc1NC(=O)CN1C(=O)C(=C2SC(=S)N(C3CCCCC3)C2=O)c2ccccc21. The number of rotatable bonds is 4. The van der Waals surface area contributed by atoms with Gasteiger partial charge in [-0.05, 0) is 37.5 Å². The van der Waals surface area contributed by atoms with E-state index in [4.69, 9.17) is 12.2 Å². The van der Waals surface area contributed by atoms with Crippen molar-refractivity contribution in [2.24, 2.45) is 0 Å². The second-order valence-corrected chi connectivity index (χ2v) is 10.5. The van der Waals surface area contributed by atoms with E-state index in [9.17, 15) is 14.4 Å². The summed E-state index contributed by atoms with van der Waals surface area (Å²) >= 11 is 6.78. The second-order valence-electron chi connectivity index (χ2n) is 8.81. The van der Waals surface area contributed by atoms with Gasteiger partial charge in [-0.1, -0.05) is 79.6 Å². The molecule has 2 heterocycles. The highest BCUT2D eigenvalue weighted by Gasteiger charge is 2.44. The van der Waals surface area contributed by atoms with E-state index in [1.807, 2.05) is 55.5 Å². The smallest absolute Gasteiger partial charge is 0.267 e. The highest BCUT2D eigenvalue weighted by Crippen LogP contribution is 2.45. The number of thiocarbonyl (C=S) groups is 1. The topological polar surface area (TPSA) is 69.7 Å². The summed E-state index contributed by atoms with van der Waals surface area (Å²) in [6.07, 6.45) is 5.21. The van der Waals surface area contributed by atoms with Crippen LogP contribution in [0.25, 0.3) is 5.57 Å². The molecule has 0 spiro atoms. The lowest BCUT2D eigenvalue weighted by molar-refractivity contribution is -0.124. The number of benzene rings is 2. The monoisotopic (exact) mass is 491 g/mol. The van der Waals surface area contributed by atoms with Crippen LogP contribution in [0.4, 0.5) is 11.4 Å². The van der Waals surface area contributed by atoms with Crippen LogP contribution in [-0.4, -0.2) is 39.5 Å². The zero-order valence-electron chi connectivity index (χ0n) is 18.9. The minimum Gasteiger partial charge on any atom is -0.324 e. The number of carbonyl (C=O) groups is 3. The summed E-state index contributed by atoms with van der Waals surface area (Å²) in [7, 11) is 0. The van der Waals surface area contributed by atoms with Crippen molar-refractivity contribution < 1.29 is 14.4 Å². The minimum absolute atomic E-state index is 0.0992. The number of carbonyl (C=O) groups excluding carboxylic acids is 3. The molecule has 1 saturated heterocycles. The molecule has 1 N–H and O–H groups in total. The lowest BCUT2D eigenvalue weighted by atomic mass is 9.94. The standard InChI is InChI=1S/C26H25N3O3S2/c1-16-9-5-7-13-19(16)27-21(30)15-28-20-14-8-6-12-18(20)22(24(28)31)23-25(32)29(26(33)34-23)17-10-3-2-4-11-17/h5-9,12-14,17H,2-4,10-11,15H2,1H3,(H,27,30). The molecule has 0 radical (unpaired) electrons. The molecule has 2 aromatic carbocycles. The maximum absolute atomic E-state index is 13.6. The predicted octanol–water partition coefficient (Wildman–Crippen LogP) is 4.88. The molecule has 0 bridgehead atoms. The average molecular weight is 492 g/mol. The van der Waals surface area contributed by atoms with Crippen molar-refractivity contribution in [3.05, 3.63) is 64.6 Å². The lowest BCUT2D eigenvalue weighted by Crippen LogP contribution is -2.40. The average Bonchev–Trinajstić information content (AvgIpc) is 3.28. The van der Waals surface area contributed by atoms with E-state index in [1.54, 1.807) is 4.90 Å². The fraction of sp³-hybridized carbons (Fsp3) is 0.308. The number of aryl methyl sites for hydroxylation is 1. The van der Waals surface area contributed by atoms with E-state index < -0.39 is 0 Å². The highest BCUT2D eigenvalue weighted by molar-refractivity contribution is 8.26. The number of nitrogens with zero attached hydrogens (tertiary/aromatic N) is 2. The molecule has 3 aliphatic rings. The van der Waals surface area contributed by atoms with Crippen LogP contribution < -0.4 is 10.2 Å². The number of para-hydroxylation sites is 2. The van der Waals surface area contributed by atoms with Crippen LogP contribution in [0, 0.1) is 6.92 Å². The summed E-state index contributed by atoms with van der Waals surface area (Å²) in [6, 6.07) is 14.9. The Kier molecular flexibility index (Phi) is 6.27. The summed E-state index contributed by atoms with van der Waals surface area (Å²) in [5.41, 5.74) is 3.29. The van der Waals surface area contributed by atoms with Crippen molar-refractivity contribution in [3.8, 4) is 0 Å². The Morgan fingerprint density at radius 2 is 1.74 bits per heavy atom. The Morgan fingerprint density at radius 3 is 2.50 bits per heavy atom. The molecule has 3 amide bonds. The van der Waals surface area contributed by atoms with Crippen molar-refractivity contribution in [3.63, 3.8) is 0 Å². The van der Waals surface area contributed by atoms with Gasteiger partial charge in [-0.25, -0.2) is 0 Å². The summed E-state index contributed by atoms with van der Waals surface area (Å²) in [5, 5.41) is 2.89. The summed E-state index contributed by atoms with van der Waals surface area (Å²) < 4.78 is 0.514. The van der Waals surface area contributed by atoms with Crippen molar-refractivity contribution in [1.82, 2.24) is 4.90 Å². The fourth-order valence-electron chi connectivity index (χ4n) is 4.89. The Morgan fingerprint density at radius 1 is 1.03 bits per heavy atom. The molecule has 0 atom stereocenters. The third kappa shape index (κ3) is 4.05. The zero-order chi connectivity index (χ0) is 23.8. The van der Waals surface area contributed by atoms with Gasteiger partial charge in [0.1, 0.15) is 10.9 Å². The van der Waals surface area contributed by atoms with Gasteiger partial charge >= 0.3 is 0 Å². The Balaban J connectivity index is 1.44. The maximum Gasteiger partial charge on any atom is 0.267 e. The number of hydrogen-bond donors (Lipinski definition) is 1. The van der Waals surface area contributed by atoms with Gasteiger partial charge in [0.25, 0.3) is 11.8 Å². The Bertz CT molecular complexity index is 1230. The maximum atomic E-state index is 13.6. The van der Waals surface area contributed by atoms with E-state index in [1.165, 1.54) is 23.1 Å². The van der Waals surface area contributed by atoms with Gasteiger partial charge in [-0.2, -0.15) is 0 Å². The molecule has 2 fully saturated rings. The third-order valence-electron chi connectivity index (χ3n) is 6.61. The largest absolute Gasteiger partial charge is 0.324 e. The van der Waals surface area contributed by atoms with Gasteiger partial charge in [0.15, 0.2) is 0 Å². The van der Waals surface area contributed by atoms with Crippen LogP contribution in [0.2, 0.25) is 0 Å². The van der Waals surface area contributed by atoms with Crippen LogP contribution in [-0.2, 0) is 14.4 Å². The third-order valence-corrected chi connectivity index (χ3v) is 8.01. The van der Waals surface area contributed by atoms with Crippen molar-refractivity contribution >= 4 is 63.0 Å². The van der Waals surface area contributed by atoms with E-state index in [0.717, 1.165) is 31.2 Å². The van der Waals surface area contributed by atoms with Crippen LogP contribution in [0.3, 0.4) is 0 Å². The first-order valence-electron chi connectivity index (χ1n) is 11.5. The molecule has 0 unspecified atom stereocenters. The van der Waals surface area contributed by atoms with Gasteiger partial charge < -0.3 is 5.32 Å². The highest BCUT2D eigenvalue weighted by atomic mass is 32.2. The summed E-state index contributed by atoms with van der Waals surface area (Å²) in [6.45, 7) is 1.77. The first-order valence-corrected chi connectivity index (χ1v) is 12.7. The van der Waals surface area contributed by atoms with Gasteiger partial charge in [0.05, 0.1) is 16.2 Å². The molecule has 2 aliphatic heterocycles. The molecule has 1 aliphatic carbocycles. The van der Waals surface area contributed by atoms with Crippen LogP contribution >= 0.6 is 24.0 Å². The molecular formula is C26H25N3O3S2. The number of thioether (sulfide) groups is 1. The second kappa shape index (κ2) is 9.35. The Hall–Kier alpha value is -2.97. The molecule has 174 valence electrons. The summed E-state index contributed by atoms with van der Waals surface area (Å²) in [4.78, 5) is 43.5. The quantitative estimate of drug-likeness (QED) is 0.487. The molecule has 1 saturated carbocycles. The molecule has 34 heavy (non-hydrogen) atoms. The Labute approximate surface area is 208 Å². The fourth-order valence-corrected chi connectivity index (χ4v) is 6.36. The molecule has 5 rings (SSSR count). The van der Waals surface area contributed by atoms with Gasteiger partial charge in [-0.3, -0.25) is 24.2 Å². The van der Waals surface area contributed by atoms with Crippen molar-refractivity contribution in [1.29, 1.82) is 0 Å². The normalized spacial score (nSPS) is 20.8. The number of fused-ring (bicyclic) bond motifs is 1. The number of amides is 3. The number of anilines is 2. The van der Waals surface area contributed by atoms with Crippen molar-refractivity contribution in [2.75, 3.05) is 16.8 Å². The van der Waals surface area contributed by atoms with E-state index >= 15 is 0 Å². The van der Waals surface area contributed by atoms with Crippen LogP contribution in [0.1, 0.15) is 43.2 Å². The summed E-state index contributed by atoms with van der Waals surface area (Å²) in [5.74, 6) is -0.829. The number of nitrogens with one attached hydrogen (secondary N) is 1. The lowest BCUT2D eigenvalue weighted by Gasteiger charge is -2.29. The van der Waals surface area contributed by atoms with E-state index in [0.29, 0.717) is 31.7 Å². The first kappa shape index (κ1) is 22.8. The molecule has 2 aromatic rings. The zero-order valence-corrected chi connectivity index (χ0v) is 20.5. The van der Waals surface area contributed by atoms with Gasteiger partial charge in [0, 0.05) is 17.3 Å². The predicted molar refractivity (Wildman–Crippen MR) is 139 cm³/mol. The van der Waals surface area contributed by atoms with E-state index in [-0.39, 0.29) is 30.3 Å². The van der Waals surface area contributed by atoms with Crippen LogP contribution in [0.15, 0.2) is 53.4 Å². The van der Waals surface area contributed by atoms with Crippen LogP contribution in [0.5, 0.6) is 0 Å². The molecule has 6 nitrogen and oxygen atoms in total. The van der Waals surface area contributed by atoms with Crippen molar-refractivity contribution in [2.45, 2.75) is 45.1 Å². The molecule has 8 heteroatoms. The van der Waals surface area contributed by atoms with Gasteiger partial charge in [0.2, 0.25) is 5.91 Å². The minimum atomic E-state index is -0.342. The first-order chi connectivity index (χ1) is 16.5.